The van der Waals surface area contributed by atoms with Crippen molar-refractivity contribution in [2.45, 2.75) is 0 Å². The summed E-state index contributed by atoms with van der Waals surface area (Å²) in [6.07, 6.45) is 0. The summed E-state index contributed by atoms with van der Waals surface area (Å²) >= 11 is 0. The van der Waals surface area contributed by atoms with Gasteiger partial charge in [0.15, 0.2) is 0 Å². The van der Waals surface area contributed by atoms with Crippen LogP contribution in [0.15, 0.2) is 0 Å². The fourth-order valence-electron chi connectivity index (χ4n) is 0.167. The van der Waals surface area contributed by atoms with E-state index >= 15 is 0 Å². The molecule has 0 aromatic rings. The Hall–Kier alpha value is 0.608. The second kappa shape index (κ2) is 15.6. The van der Waals surface area contributed by atoms with Crippen molar-refractivity contribution in [3.63, 3.8) is 0 Å². The number of ether oxygens (including phenoxy) is 2. The zero-order valence-corrected chi connectivity index (χ0v) is 7.90. The summed E-state index contributed by atoms with van der Waals surface area (Å²) in [4.78, 5) is 0. The first-order valence-corrected chi connectivity index (χ1v) is 1.89. The molecule has 0 saturated carbocycles. The van der Waals surface area contributed by atoms with E-state index in [1.165, 1.54) is 0 Å². The molecule has 0 heterocycles. The van der Waals surface area contributed by atoms with E-state index in [-0.39, 0.29) is 27.9 Å². The van der Waals surface area contributed by atoms with E-state index in [1.54, 1.807) is 14.2 Å². The van der Waals surface area contributed by atoms with Gasteiger partial charge in [0, 0.05) is 33.7 Å². The molecule has 0 atom stereocenters. The number of hydrogen-bond acceptors (Lipinski definition) is 2. The van der Waals surface area contributed by atoms with E-state index in [2.05, 4.69) is 9.47 Å². The van der Waals surface area contributed by atoms with Crippen molar-refractivity contribution in [3.05, 3.63) is 0 Å². The minimum atomic E-state index is 0. The van der Waals surface area contributed by atoms with Crippen LogP contribution in [-0.2, 0) is 29.0 Å². The largest absolute Gasteiger partial charge is 0.382 e. The quantitative estimate of drug-likeness (QED) is 0.402. The van der Waals surface area contributed by atoms with Gasteiger partial charge >= 0.3 is 0 Å². The van der Waals surface area contributed by atoms with Gasteiger partial charge in [-0.2, -0.15) is 0 Å². The van der Waals surface area contributed by atoms with E-state index in [0.717, 1.165) is 0 Å². The first kappa shape index (κ1) is 15.8. The topological polar surface area (TPSA) is 18.5 Å². The molecular formula is C4H13BO2Zn. The monoisotopic (exact) mass is 168 g/mol. The normalized spacial score (nSPS) is 6.75. The molecule has 0 rings (SSSR count). The van der Waals surface area contributed by atoms with E-state index in [0.29, 0.717) is 13.2 Å². The third-order valence-corrected chi connectivity index (χ3v) is 0.492. The van der Waals surface area contributed by atoms with Crippen molar-refractivity contribution >= 4 is 8.41 Å². The maximum atomic E-state index is 4.66. The summed E-state index contributed by atoms with van der Waals surface area (Å²) in [6.45, 7) is 1.38. The molecule has 0 amide bonds. The molecule has 0 saturated heterocycles. The second-order valence-corrected chi connectivity index (χ2v) is 0.986. The first-order valence-electron chi connectivity index (χ1n) is 1.89. The Kier molecular flexibility index (Phi) is 31.0. The number of methoxy groups -OCH3 is 2. The van der Waals surface area contributed by atoms with Crippen LogP contribution in [0.3, 0.4) is 0 Å². The maximum absolute atomic E-state index is 4.66. The number of hydrogen-bond donors (Lipinski definition) is 0. The molecule has 2 nitrogen and oxygen atoms in total. The Balaban J connectivity index is -0.000000125. The molecule has 0 spiro atoms. The van der Waals surface area contributed by atoms with Gasteiger partial charge in [-0.1, -0.05) is 0 Å². The Morgan fingerprint density at radius 3 is 1.38 bits per heavy atom. The smallest absolute Gasteiger partial charge is 0.0814 e. The van der Waals surface area contributed by atoms with Gasteiger partial charge in [-0.25, -0.2) is 0 Å². The third-order valence-electron chi connectivity index (χ3n) is 0.492. The van der Waals surface area contributed by atoms with Crippen LogP contribution in [0.25, 0.3) is 0 Å². The Morgan fingerprint density at radius 1 is 1.00 bits per heavy atom. The molecule has 4 heteroatoms. The van der Waals surface area contributed by atoms with Crippen molar-refractivity contribution < 1.29 is 29.0 Å². The number of rotatable bonds is 3. The zero-order valence-electron chi connectivity index (χ0n) is 4.94. The van der Waals surface area contributed by atoms with Gasteiger partial charge in [0.2, 0.25) is 0 Å². The van der Waals surface area contributed by atoms with Crippen LogP contribution in [0, 0.1) is 0 Å². The molecule has 0 radical (unpaired) electrons. The maximum Gasteiger partial charge on any atom is 0.0814 e. The van der Waals surface area contributed by atoms with Crippen LogP contribution in [0.5, 0.6) is 0 Å². The predicted octanol–water partition coefficient (Wildman–Crippen LogP) is -0.907. The summed E-state index contributed by atoms with van der Waals surface area (Å²) in [7, 11) is 3.30. The minimum Gasteiger partial charge on any atom is -0.382 e. The van der Waals surface area contributed by atoms with Crippen molar-refractivity contribution in [2.75, 3.05) is 27.4 Å². The van der Waals surface area contributed by atoms with Crippen molar-refractivity contribution in [3.8, 4) is 0 Å². The van der Waals surface area contributed by atoms with Crippen LogP contribution >= 0.6 is 0 Å². The predicted molar refractivity (Wildman–Crippen MR) is 33.7 cm³/mol. The zero-order chi connectivity index (χ0) is 4.83. The van der Waals surface area contributed by atoms with Gasteiger partial charge in [-0.3, -0.25) is 0 Å². The van der Waals surface area contributed by atoms with Gasteiger partial charge in [-0.15, -0.1) is 0 Å². The van der Waals surface area contributed by atoms with E-state index < -0.39 is 0 Å². The molecule has 0 N–H and O–H groups in total. The van der Waals surface area contributed by atoms with E-state index in [1.807, 2.05) is 0 Å². The fourth-order valence-corrected chi connectivity index (χ4v) is 0.167. The molecule has 46 valence electrons. The second-order valence-electron chi connectivity index (χ2n) is 0.986. The minimum absolute atomic E-state index is 0. The molecule has 0 bridgehead atoms. The van der Waals surface area contributed by atoms with E-state index in [9.17, 15) is 0 Å². The molecule has 0 aliphatic rings. The van der Waals surface area contributed by atoms with Gasteiger partial charge < -0.3 is 9.47 Å². The van der Waals surface area contributed by atoms with Crippen LogP contribution in [0.1, 0.15) is 0 Å². The van der Waals surface area contributed by atoms with Gasteiger partial charge in [0.05, 0.1) is 21.6 Å². The molecular weight excluding hydrogens is 156 g/mol. The average Bonchev–Trinajstić information content (AvgIpc) is 1.61. The van der Waals surface area contributed by atoms with Gasteiger partial charge in [-0.05, 0) is 0 Å². The van der Waals surface area contributed by atoms with Crippen LogP contribution < -0.4 is 0 Å². The van der Waals surface area contributed by atoms with Crippen molar-refractivity contribution in [1.82, 2.24) is 0 Å². The molecule has 0 aromatic heterocycles. The van der Waals surface area contributed by atoms with Gasteiger partial charge in [0.1, 0.15) is 0 Å². The van der Waals surface area contributed by atoms with Crippen molar-refractivity contribution in [1.29, 1.82) is 0 Å². The Labute approximate surface area is 65.3 Å². The average molecular weight is 169 g/mol. The summed E-state index contributed by atoms with van der Waals surface area (Å²) in [5.74, 6) is 0. The van der Waals surface area contributed by atoms with Crippen LogP contribution in [-0.4, -0.2) is 35.8 Å². The van der Waals surface area contributed by atoms with E-state index in [4.69, 9.17) is 0 Å². The molecule has 0 aliphatic heterocycles. The Bertz CT molecular complexity index is 26.0. The van der Waals surface area contributed by atoms with Crippen LogP contribution in [0.4, 0.5) is 0 Å². The molecule has 0 unspecified atom stereocenters. The first-order chi connectivity index (χ1) is 2.91. The molecule has 0 fully saturated rings. The summed E-state index contributed by atoms with van der Waals surface area (Å²) in [6, 6.07) is 0. The standard InChI is InChI=1S/C4H10O2.BH3.Zn/c1-5-3-4-6-2;;/h3-4H2,1-2H3;1H3;. The van der Waals surface area contributed by atoms with Crippen molar-refractivity contribution in [2.24, 2.45) is 0 Å². The summed E-state index contributed by atoms with van der Waals surface area (Å²) in [5.41, 5.74) is 0. The van der Waals surface area contributed by atoms with Crippen LogP contribution in [0.2, 0.25) is 0 Å². The summed E-state index contributed by atoms with van der Waals surface area (Å²) in [5, 5.41) is 0. The SMILES string of the molecule is B.COCCOC.[Zn]. The fraction of sp³-hybridized carbons (Fsp3) is 1.00. The van der Waals surface area contributed by atoms with Gasteiger partial charge in [0.25, 0.3) is 0 Å². The molecule has 0 aliphatic carbocycles. The molecule has 0 aromatic carbocycles. The molecule has 8 heavy (non-hydrogen) atoms. The summed E-state index contributed by atoms with van der Waals surface area (Å²) < 4.78 is 9.31. The third kappa shape index (κ3) is 16.0. The Morgan fingerprint density at radius 2 is 1.25 bits per heavy atom.